The van der Waals surface area contributed by atoms with Gasteiger partial charge in [-0.3, -0.25) is 0 Å². The smallest absolute Gasteiger partial charge is 0.0406 e. The first kappa shape index (κ1) is 10.1. The third-order valence-corrected chi connectivity index (χ3v) is 2.18. The van der Waals surface area contributed by atoms with Crippen LogP contribution in [0.5, 0.6) is 0 Å². The van der Waals surface area contributed by atoms with E-state index in [1.165, 1.54) is 0 Å². The Morgan fingerprint density at radius 3 is 2.23 bits per heavy atom. The number of benzene rings is 1. The molecule has 0 aliphatic heterocycles. The average molecular weight is 193 g/mol. The van der Waals surface area contributed by atoms with Crippen LogP contribution < -0.4 is 0 Å². The molecule has 0 radical (unpaired) electrons. The lowest BCUT2D eigenvalue weighted by Crippen LogP contribution is -1.91. The van der Waals surface area contributed by atoms with Gasteiger partial charge in [-0.05, 0) is 23.6 Å². The number of allylic oxidation sites excluding steroid dienone is 1. The Balaban J connectivity index is 3.08. The zero-order valence-corrected chi connectivity index (χ0v) is 8.73. The lowest BCUT2D eigenvalue weighted by atomic mass is 9.96. The molecule has 68 valence electrons. The van der Waals surface area contributed by atoms with Crippen LogP contribution in [-0.2, 0) is 0 Å². The van der Waals surface area contributed by atoms with Gasteiger partial charge in [0.15, 0.2) is 0 Å². The van der Waals surface area contributed by atoms with Crippen molar-refractivity contribution in [3.8, 4) is 0 Å². The second-order valence-corrected chi connectivity index (χ2v) is 3.69. The van der Waals surface area contributed by atoms with Gasteiger partial charge >= 0.3 is 0 Å². The fraction of sp³-hybridized carbons (Fsp3) is 0.250. The highest BCUT2D eigenvalue weighted by Crippen LogP contribution is 2.22. The molecule has 1 rings (SSSR count). The number of hydrogen-bond donors (Lipinski definition) is 0. The Bertz CT molecular complexity index is 327. The summed E-state index contributed by atoms with van der Waals surface area (Å²) in [5.41, 5.74) is 5.24. The van der Waals surface area contributed by atoms with Gasteiger partial charge in [-0.15, -0.1) is 5.73 Å². The lowest BCUT2D eigenvalue weighted by molar-refractivity contribution is 0.857. The Morgan fingerprint density at radius 1 is 1.31 bits per heavy atom. The maximum Gasteiger partial charge on any atom is 0.0406 e. The standard InChI is InChI=1S/C12H13Cl/c1-4-12(9(2)3)10-5-7-11(13)8-6-10/h5-9H,1H2,2-3H3. The minimum atomic E-state index is 0.443. The van der Waals surface area contributed by atoms with E-state index in [2.05, 4.69) is 26.2 Å². The molecule has 1 aromatic rings. The van der Waals surface area contributed by atoms with Crippen molar-refractivity contribution >= 4 is 17.2 Å². The van der Waals surface area contributed by atoms with E-state index in [-0.39, 0.29) is 0 Å². The van der Waals surface area contributed by atoms with Crippen molar-refractivity contribution in [3.63, 3.8) is 0 Å². The highest BCUT2D eigenvalue weighted by atomic mass is 35.5. The summed E-state index contributed by atoms with van der Waals surface area (Å²) in [7, 11) is 0. The SMILES string of the molecule is C=C=C(c1ccc(Cl)cc1)C(C)C. The first-order valence-corrected chi connectivity index (χ1v) is 4.69. The van der Waals surface area contributed by atoms with E-state index in [1.54, 1.807) is 0 Å². The quantitative estimate of drug-likeness (QED) is 0.618. The molecule has 13 heavy (non-hydrogen) atoms. The molecule has 1 heteroatoms. The fourth-order valence-electron chi connectivity index (χ4n) is 1.27. The van der Waals surface area contributed by atoms with Crippen LogP contribution in [0.3, 0.4) is 0 Å². The zero-order valence-electron chi connectivity index (χ0n) is 7.97. The third-order valence-electron chi connectivity index (χ3n) is 1.92. The lowest BCUT2D eigenvalue weighted by Gasteiger charge is -2.08. The van der Waals surface area contributed by atoms with E-state index in [1.807, 2.05) is 24.3 Å². The van der Waals surface area contributed by atoms with Crippen LogP contribution in [0.4, 0.5) is 0 Å². The van der Waals surface area contributed by atoms with Gasteiger partial charge in [0.25, 0.3) is 0 Å². The van der Waals surface area contributed by atoms with Crippen molar-refractivity contribution in [1.82, 2.24) is 0 Å². The molecule has 0 aliphatic carbocycles. The second kappa shape index (κ2) is 4.32. The Morgan fingerprint density at radius 2 is 1.85 bits per heavy atom. The molecule has 0 spiro atoms. The van der Waals surface area contributed by atoms with Crippen molar-refractivity contribution in [3.05, 3.63) is 47.2 Å². The first-order valence-electron chi connectivity index (χ1n) is 4.31. The zero-order chi connectivity index (χ0) is 9.84. The number of hydrogen-bond acceptors (Lipinski definition) is 0. The Labute approximate surface area is 84.5 Å². The Kier molecular flexibility index (Phi) is 3.36. The van der Waals surface area contributed by atoms with E-state index in [9.17, 15) is 0 Å². The maximum atomic E-state index is 5.79. The van der Waals surface area contributed by atoms with Crippen LogP contribution in [-0.4, -0.2) is 0 Å². The van der Waals surface area contributed by atoms with Gasteiger partial charge in [0.1, 0.15) is 0 Å². The maximum absolute atomic E-state index is 5.79. The van der Waals surface area contributed by atoms with Crippen molar-refractivity contribution in [2.75, 3.05) is 0 Å². The molecule has 0 bridgehead atoms. The molecule has 0 saturated carbocycles. The van der Waals surface area contributed by atoms with Gasteiger partial charge < -0.3 is 0 Å². The van der Waals surface area contributed by atoms with Gasteiger partial charge in [-0.25, -0.2) is 0 Å². The van der Waals surface area contributed by atoms with Crippen LogP contribution in [0.1, 0.15) is 19.4 Å². The molecule has 0 heterocycles. The van der Waals surface area contributed by atoms with E-state index in [0.717, 1.165) is 16.2 Å². The van der Waals surface area contributed by atoms with Crippen LogP contribution >= 0.6 is 11.6 Å². The minimum Gasteiger partial charge on any atom is -0.124 e. The summed E-state index contributed by atoms with van der Waals surface area (Å²) in [6.45, 7) is 7.94. The summed E-state index contributed by atoms with van der Waals surface area (Å²) in [6, 6.07) is 7.76. The number of halogens is 1. The fourth-order valence-corrected chi connectivity index (χ4v) is 1.39. The normalized spacial score (nSPS) is 9.85. The molecule has 0 N–H and O–H groups in total. The second-order valence-electron chi connectivity index (χ2n) is 3.25. The summed E-state index contributed by atoms with van der Waals surface area (Å²) in [4.78, 5) is 0. The van der Waals surface area contributed by atoms with Gasteiger partial charge in [0, 0.05) is 10.6 Å². The van der Waals surface area contributed by atoms with E-state index in [4.69, 9.17) is 11.6 Å². The van der Waals surface area contributed by atoms with Gasteiger partial charge in [0.05, 0.1) is 0 Å². The first-order chi connectivity index (χ1) is 6.15. The van der Waals surface area contributed by atoms with Gasteiger partial charge in [-0.1, -0.05) is 44.2 Å². The van der Waals surface area contributed by atoms with Crippen LogP contribution in [0, 0.1) is 5.92 Å². The van der Waals surface area contributed by atoms with Crippen molar-refractivity contribution in [1.29, 1.82) is 0 Å². The summed E-state index contributed by atoms with van der Waals surface area (Å²) in [5, 5.41) is 0.760. The van der Waals surface area contributed by atoms with E-state index in [0.29, 0.717) is 5.92 Å². The van der Waals surface area contributed by atoms with Crippen molar-refractivity contribution in [2.45, 2.75) is 13.8 Å². The van der Waals surface area contributed by atoms with Crippen LogP contribution in [0.15, 0.2) is 36.6 Å². The average Bonchev–Trinajstić information content (AvgIpc) is 2.09. The molecule has 0 amide bonds. The van der Waals surface area contributed by atoms with Crippen molar-refractivity contribution < 1.29 is 0 Å². The third kappa shape index (κ3) is 2.48. The van der Waals surface area contributed by atoms with E-state index < -0.39 is 0 Å². The molecule has 0 unspecified atom stereocenters. The Hall–Kier alpha value is -0.970. The molecule has 0 atom stereocenters. The molecule has 0 aromatic heterocycles. The van der Waals surface area contributed by atoms with E-state index >= 15 is 0 Å². The molecule has 0 nitrogen and oxygen atoms in total. The summed E-state index contributed by atoms with van der Waals surface area (Å²) >= 11 is 5.79. The summed E-state index contributed by atoms with van der Waals surface area (Å²) in [5.74, 6) is 0.443. The molecule has 0 aliphatic rings. The molecule has 1 aromatic carbocycles. The predicted molar refractivity (Wildman–Crippen MR) is 58.8 cm³/mol. The summed E-state index contributed by atoms with van der Waals surface area (Å²) < 4.78 is 0. The number of rotatable bonds is 2. The molecule has 0 saturated heterocycles. The monoisotopic (exact) mass is 192 g/mol. The summed E-state index contributed by atoms with van der Waals surface area (Å²) in [6.07, 6.45) is 0. The van der Waals surface area contributed by atoms with Crippen molar-refractivity contribution in [2.24, 2.45) is 5.92 Å². The van der Waals surface area contributed by atoms with Crippen LogP contribution in [0.2, 0.25) is 5.02 Å². The van der Waals surface area contributed by atoms with Gasteiger partial charge in [0.2, 0.25) is 0 Å². The topological polar surface area (TPSA) is 0 Å². The minimum absolute atomic E-state index is 0.443. The van der Waals surface area contributed by atoms with Crippen LogP contribution in [0.25, 0.3) is 5.57 Å². The molecular weight excluding hydrogens is 180 g/mol. The largest absolute Gasteiger partial charge is 0.124 e. The molecular formula is C12H13Cl. The highest BCUT2D eigenvalue weighted by Gasteiger charge is 2.04. The molecule has 0 fully saturated rings. The highest BCUT2D eigenvalue weighted by molar-refractivity contribution is 6.30. The van der Waals surface area contributed by atoms with Gasteiger partial charge in [-0.2, -0.15) is 0 Å². The predicted octanol–water partition coefficient (Wildman–Crippen LogP) is 4.16.